The van der Waals surface area contributed by atoms with Crippen molar-refractivity contribution in [1.82, 2.24) is 4.90 Å². The van der Waals surface area contributed by atoms with Gasteiger partial charge in [0.05, 0.1) is 12.6 Å². The Kier molecular flexibility index (Phi) is 11.4. The molecule has 1 aliphatic heterocycles. The normalized spacial score (nSPS) is 15.9. The second kappa shape index (κ2) is 13.0. The molecule has 0 saturated carbocycles. The van der Waals surface area contributed by atoms with Crippen molar-refractivity contribution in [2.45, 2.75) is 38.1 Å². The molecule has 27 heavy (non-hydrogen) atoms. The standard InChI is InChI=1S/C19H30N4O2S.ClH/c1-26-12-9-17(20)19(25)22-16-8-6-7-15(13-16)21-18(24)14-23-10-4-2-3-5-11-23;/h6-8,13,17H,2-5,9-12,14,20H2,1H3,(H,21,24)(H,22,25);1H/t17-;/m0./s1. The predicted octanol–water partition coefficient (Wildman–Crippen LogP) is 2.94. The molecule has 1 heterocycles. The van der Waals surface area contributed by atoms with Gasteiger partial charge in [-0.15, -0.1) is 12.4 Å². The highest BCUT2D eigenvalue weighted by Gasteiger charge is 2.15. The Morgan fingerprint density at radius 3 is 2.41 bits per heavy atom. The van der Waals surface area contributed by atoms with E-state index in [0.717, 1.165) is 31.7 Å². The van der Waals surface area contributed by atoms with E-state index in [1.165, 1.54) is 12.8 Å². The molecular formula is C19H31ClN4O2S. The second-order valence-corrected chi connectivity index (χ2v) is 7.68. The highest BCUT2D eigenvalue weighted by Crippen LogP contribution is 2.16. The molecule has 1 aliphatic rings. The van der Waals surface area contributed by atoms with Gasteiger partial charge in [0.15, 0.2) is 0 Å². The van der Waals surface area contributed by atoms with E-state index in [1.54, 1.807) is 23.9 Å². The largest absolute Gasteiger partial charge is 0.325 e. The lowest BCUT2D eigenvalue weighted by Crippen LogP contribution is -2.36. The summed E-state index contributed by atoms with van der Waals surface area (Å²) in [6, 6.07) is 6.67. The van der Waals surface area contributed by atoms with Crippen molar-refractivity contribution in [2.24, 2.45) is 5.73 Å². The number of anilines is 2. The van der Waals surface area contributed by atoms with Crippen LogP contribution >= 0.6 is 24.2 Å². The third kappa shape index (κ3) is 8.97. The molecule has 1 aromatic carbocycles. The summed E-state index contributed by atoms with van der Waals surface area (Å²) in [5.74, 6) is 0.625. The first-order chi connectivity index (χ1) is 12.6. The summed E-state index contributed by atoms with van der Waals surface area (Å²) < 4.78 is 0. The number of nitrogens with one attached hydrogen (secondary N) is 2. The number of nitrogens with zero attached hydrogens (tertiary/aromatic N) is 1. The zero-order chi connectivity index (χ0) is 18.8. The molecule has 1 atom stereocenters. The van der Waals surface area contributed by atoms with Gasteiger partial charge in [-0.3, -0.25) is 14.5 Å². The van der Waals surface area contributed by atoms with E-state index in [-0.39, 0.29) is 24.2 Å². The van der Waals surface area contributed by atoms with E-state index < -0.39 is 6.04 Å². The fraction of sp³-hybridized carbons (Fsp3) is 0.579. The highest BCUT2D eigenvalue weighted by atomic mass is 35.5. The summed E-state index contributed by atoms with van der Waals surface area (Å²) in [7, 11) is 0. The molecular weight excluding hydrogens is 384 g/mol. The molecule has 6 nitrogen and oxygen atoms in total. The molecule has 4 N–H and O–H groups in total. The van der Waals surface area contributed by atoms with Gasteiger partial charge in [-0.25, -0.2) is 0 Å². The van der Waals surface area contributed by atoms with Crippen molar-refractivity contribution in [3.05, 3.63) is 24.3 Å². The minimum Gasteiger partial charge on any atom is -0.325 e. The fourth-order valence-electron chi connectivity index (χ4n) is 2.98. The summed E-state index contributed by atoms with van der Waals surface area (Å²) in [5, 5.41) is 5.74. The summed E-state index contributed by atoms with van der Waals surface area (Å²) in [6.45, 7) is 2.38. The van der Waals surface area contributed by atoms with Gasteiger partial charge < -0.3 is 16.4 Å². The number of rotatable bonds is 8. The summed E-state index contributed by atoms with van der Waals surface area (Å²) >= 11 is 1.67. The molecule has 2 rings (SSSR count). The zero-order valence-electron chi connectivity index (χ0n) is 15.9. The van der Waals surface area contributed by atoms with Gasteiger partial charge in [-0.1, -0.05) is 18.9 Å². The molecule has 1 aromatic rings. The SMILES string of the molecule is CSCC[C@H](N)C(=O)Nc1cccc(NC(=O)CN2CCCCCC2)c1.Cl. The summed E-state index contributed by atoms with van der Waals surface area (Å²) in [4.78, 5) is 26.6. The topological polar surface area (TPSA) is 87.5 Å². The Labute approximate surface area is 172 Å². The van der Waals surface area contributed by atoms with Crippen LogP contribution in [0.4, 0.5) is 11.4 Å². The fourth-order valence-corrected chi connectivity index (χ4v) is 3.47. The molecule has 8 heteroatoms. The van der Waals surface area contributed by atoms with Crippen LogP contribution < -0.4 is 16.4 Å². The van der Waals surface area contributed by atoms with Crippen LogP contribution in [0.1, 0.15) is 32.1 Å². The van der Waals surface area contributed by atoms with Gasteiger partial charge in [0.25, 0.3) is 0 Å². The van der Waals surface area contributed by atoms with Gasteiger partial charge in [0, 0.05) is 11.4 Å². The number of hydrogen-bond donors (Lipinski definition) is 3. The Bertz CT molecular complexity index is 595. The zero-order valence-corrected chi connectivity index (χ0v) is 17.5. The van der Waals surface area contributed by atoms with Gasteiger partial charge in [-0.05, 0) is 62.6 Å². The van der Waals surface area contributed by atoms with Gasteiger partial charge >= 0.3 is 0 Å². The van der Waals surface area contributed by atoms with Crippen LogP contribution in [0.15, 0.2) is 24.3 Å². The molecule has 0 bridgehead atoms. The lowest BCUT2D eigenvalue weighted by Gasteiger charge is -2.19. The third-order valence-corrected chi connectivity index (χ3v) is 5.09. The lowest BCUT2D eigenvalue weighted by molar-refractivity contribution is -0.118. The van der Waals surface area contributed by atoms with Crippen LogP contribution in [0.2, 0.25) is 0 Å². The molecule has 1 saturated heterocycles. The van der Waals surface area contributed by atoms with Crippen LogP contribution in [-0.4, -0.2) is 54.4 Å². The van der Waals surface area contributed by atoms with Crippen LogP contribution in [0.25, 0.3) is 0 Å². The van der Waals surface area contributed by atoms with Crippen molar-refractivity contribution >= 4 is 47.4 Å². The van der Waals surface area contributed by atoms with Crippen LogP contribution in [0, 0.1) is 0 Å². The van der Waals surface area contributed by atoms with Crippen LogP contribution in [0.3, 0.4) is 0 Å². The monoisotopic (exact) mass is 414 g/mol. The van der Waals surface area contributed by atoms with E-state index in [4.69, 9.17) is 5.73 Å². The maximum atomic E-state index is 12.3. The first-order valence-electron chi connectivity index (χ1n) is 9.26. The van der Waals surface area contributed by atoms with E-state index in [2.05, 4.69) is 15.5 Å². The minimum atomic E-state index is -0.524. The number of amides is 2. The molecule has 0 aliphatic carbocycles. The Hall–Kier alpha value is -1.28. The van der Waals surface area contributed by atoms with Gasteiger partial charge in [0.1, 0.15) is 0 Å². The average molecular weight is 415 g/mol. The highest BCUT2D eigenvalue weighted by molar-refractivity contribution is 7.98. The van der Waals surface area contributed by atoms with Crippen molar-refractivity contribution in [3.63, 3.8) is 0 Å². The van der Waals surface area contributed by atoms with Crippen molar-refractivity contribution < 1.29 is 9.59 Å². The number of hydrogen-bond acceptors (Lipinski definition) is 5. The average Bonchev–Trinajstić information content (AvgIpc) is 2.88. The van der Waals surface area contributed by atoms with Crippen molar-refractivity contribution in [1.29, 1.82) is 0 Å². The Morgan fingerprint density at radius 2 is 1.78 bits per heavy atom. The predicted molar refractivity (Wildman–Crippen MR) is 117 cm³/mol. The lowest BCUT2D eigenvalue weighted by atomic mass is 10.2. The molecule has 0 spiro atoms. The molecule has 2 amide bonds. The molecule has 152 valence electrons. The number of carbonyl (C=O) groups is 2. The van der Waals surface area contributed by atoms with Crippen LogP contribution in [0.5, 0.6) is 0 Å². The molecule has 0 radical (unpaired) electrons. The smallest absolute Gasteiger partial charge is 0.241 e. The van der Waals surface area contributed by atoms with E-state index >= 15 is 0 Å². The quantitative estimate of drug-likeness (QED) is 0.608. The number of benzene rings is 1. The molecule has 1 fully saturated rings. The van der Waals surface area contributed by atoms with E-state index in [1.807, 2.05) is 18.4 Å². The van der Waals surface area contributed by atoms with Crippen molar-refractivity contribution in [2.75, 3.05) is 42.3 Å². The molecule has 0 unspecified atom stereocenters. The number of halogens is 1. The number of carbonyl (C=O) groups excluding carboxylic acids is 2. The van der Waals surface area contributed by atoms with Gasteiger partial charge in [0.2, 0.25) is 11.8 Å². The van der Waals surface area contributed by atoms with Crippen LogP contribution in [-0.2, 0) is 9.59 Å². The van der Waals surface area contributed by atoms with Gasteiger partial charge in [-0.2, -0.15) is 11.8 Å². The summed E-state index contributed by atoms with van der Waals surface area (Å²) in [5.41, 5.74) is 7.21. The number of likely N-dealkylation sites (tertiary alicyclic amines) is 1. The Balaban J connectivity index is 0.00000364. The van der Waals surface area contributed by atoms with Crippen molar-refractivity contribution in [3.8, 4) is 0 Å². The van der Waals surface area contributed by atoms with E-state index in [0.29, 0.717) is 24.3 Å². The molecule has 0 aromatic heterocycles. The minimum absolute atomic E-state index is 0. The maximum Gasteiger partial charge on any atom is 0.241 e. The number of nitrogens with two attached hydrogens (primary N) is 1. The first kappa shape index (κ1) is 23.8. The number of thioether (sulfide) groups is 1. The first-order valence-corrected chi connectivity index (χ1v) is 10.7. The third-order valence-electron chi connectivity index (χ3n) is 4.45. The Morgan fingerprint density at radius 1 is 1.15 bits per heavy atom. The maximum absolute atomic E-state index is 12.3. The second-order valence-electron chi connectivity index (χ2n) is 6.70. The summed E-state index contributed by atoms with van der Waals surface area (Å²) in [6.07, 6.45) is 7.44. The van der Waals surface area contributed by atoms with E-state index in [9.17, 15) is 9.59 Å².